The molecule has 0 atom stereocenters. The molecule has 5 rings (SSSR count). The molecule has 0 fully saturated rings. The Morgan fingerprint density at radius 1 is 0.844 bits per heavy atom. The fourth-order valence-corrected chi connectivity index (χ4v) is 4.69. The Morgan fingerprint density at radius 3 is 2.53 bits per heavy atom. The molecular weight excluding hydrogens is 440 g/mol. The molecule has 2 amide bonds. The molecule has 0 saturated heterocycles. The molecule has 0 spiro atoms. The molecule has 0 aliphatic carbocycles. The van der Waals surface area contributed by atoms with Crippen molar-refractivity contribution in [1.82, 2.24) is 9.97 Å². The molecule has 0 bridgehead atoms. The normalized spacial score (nSPS) is 10.8. The number of benzene rings is 2. The highest BCUT2D eigenvalue weighted by Crippen LogP contribution is 2.30. The van der Waals surface area contributed by atoms with Gasteiger partial charge in [-0.3, -0.25) is 9.59 Å². The number of thiophene rings is 1. The third-order valence-electron chi connectivity index (χ3n) is 4.67. The number of carbonyl (C=O) groups excluding carboxylic acids is 2. The zero-order valence-electron chi connectivity index (χ0n) is 16.6. The maximum atomic E-state index is 12.7. The van der Waals surface area contributed by atoms with Gasteiger partial charge in [-0.2, -0.15) is 0 Å². The van der Waals surface area contributed by atoms with Gasteiger partial charge >= 0.3 is 0 Å². The number of para-hydroxylation sites is 1. The van der Waals surface area contributed by atoms with Crippen LogP contribution in [0.25, 0.3) is 20.8 Å². The largest absolute Gasteiger partial charge is 0.321 e. The summed E-state index contributed by atoms with van der Waals surface area (Å²) in [6.45, 7) is 0. The lowest BCUT2D eigenvalue weighted by Crippen LogP contribution is -2.14. The fourth-order valence-electron chi connectivity index (χ4n) is 3.12. The van der Waals surface area contributed by atoms with E-state index in [0.717, 1.165) is 20.8 Å². The van der Waals surface area contributed by atoms with Crippen molar-refractivity contribution in [2.45, 2.75) is 0 Å². The number of aromatic nitrogens is 2. The Kier molecular flexibility index (Phi) is 5.45. The van der Waals surface area contributed by atoms with Crippen LogP contribution in [-0.2, 0) is 0 Å². The molecule has 8 heteroatoms. The third-order valence-corrected chi connectivity index (χ3v) is 6.63. The lowest BCUT2D eigenvalue weighted by atomic mass is 10.2. The first kappa shape index (κ1) is 20.0. The van der Waals surface area contributed by atoms with Gasteiger partial charge in [0.25, 0.3) is 11.8 Å². The summed E-state index contributed by atoms with van der Waals surface area (Å²) in [7, 11) is 0. The predicted molar refractivity (Wildman–Crippen MR) is 130 cm³/mol. The highest BCUT2D eigenvalue weighted by Gasteiger charge is 2.12. The van der Waals surface area contributed by atoms with E-state index < -0.39 is 0 Å². The van der Waals surface area contributed by atoms with Crippen LogP contribution in [0.15, 0.2) is 84.4 Å². The van der Waals surface area contributed by atoms with Crippen molar-refractivity contribution in [3.05, 3.63) is 94.8 Å². The van der Waals surface area contributed by atoms with Crippen LogP contribution in [0.4, 0.5) is 11.5 Å². The Hall–Kier alpha value is -3.88. The zero-order valence-corrected chi connectivity index (χ0v) is 18.2. The van der Waals surface area contributed by atoms with Crippen LogP contribution < -0.4 is 10.6 Å². The van der Waals surface area contributed by atoms with Gasteiger partial charge in [-0.1, -0.05) is 24.3 Å². The molecule has 3 heterocycles. The maximum Gasteiger partial charge on any atom is 0.265 e. The second kappa shape index (κ2) is 8.70. The number of nitrogens with zero attached hydrogens (tertiary/aromatic N) is 2. The van der Waals surface area contributed by atoms with E-state index in [1.807, 2.05) is 41.8 Å². The summed E-state index contributed by atoms with van der Waals surface area (Å²) in [6.07, 6.45) is 1.70. The summed E-state index contributed by atoms with van der Waals surface area (Å²) < 4.78 is 1.12. The molecular formula is C24H16N4O2S2. The van der Waals surface area contributed by atoms with Crippen molar-refractivity contribution >= 4 is 56.2 Å². The summed E-state index contributed by atoms with van der Waals surface area (Å²) in [6, 6.07) is 22.0. The Balaban J connectivity index is 1.28. The van der Waals surface area contributed by atoms with Crippen LogP contribution in [0.2, 0.25) is 0 Å². The van der Waals surface area contributed by atoms with Gasteiger partial charge in [-0.15, -0.1) is 22.7 Å². The topological polar surface area (TPSA) is 84.0 Å². The van der Waals surface area contributed by atoms with Crippen molar-refractivity contribution in [1.29, 1.82) is 0 Å². The number of fused-ring (bicyclic) bond motifs is 1. The first-order valence-corrected chi connectivity index (χ1v) is 11.4. The van der Waals surface area contributed by atoms with Gasteiger partial charge in [0.05, 0.1) is 15.1 Å². The van der Waals surface area contributed by atoms with E-state index in [9.17, 15) is 9.59 Å². The van der Waals surface area contributed by atoms with E-state index in [1.165, 1.54) is 11.3 Å². The molecule has 0 unspecified atom stereocenters. The third kappa shape index (κ3) is 4.27. The summed E-state index contributed by atoms with van der Waals surface area (Å²) in [5.74, 6) is -0.0741. The van der Waals surface area contributed by atoms with E-state index in [4.69, 9.17) is 0 Å². The van der Waals surface area contributed by atoms with Gasteiger partial charge < -0.3 is 10.6 Å². The van der Waals surface area contributed by atoms with Crippen molar-refractivity contribution < 1.29 is 9.59 Å². The van der Waals surface area contributed by atoms with Crippen LogP contribution in [-0.4, -0.2) is 21.8 Å². The van der Waals surface area contributed by atoms with Gasteiger partial charge in [0, 0.05) is 23.0 Å². The van der Waals surface area contributed by atoms with E-state index in [-0.39, 0.29) is 11.8 Å². The molecule has 3 aromatic heterocycles. The minimum atomic E-state index is -0.308. The quantitative estimate of drug-likeness (QED) is 0.344. The molecule has 0 aliphatic rings. The Labute approximate surface area is 191 Å². The predicted octanol–water partition coefficient (Wildman–Crippen LogP) is 5.92. The molecule has 2 aromatic carbocycles. The minimum absolute atomic E-state index is 0.204. The number of hydrogen-bond acceptors (Lipinski definition) is 6. The van der Waals surface area contributed by atoms with E-state index >= 15 is 0 Å². The number of anilines is 2. The Bertz CT molecular complexity index is 1380. The van der Waals surface area contributed by atoms with Crippen molar-refractivity contribution in [2.24, 2.45) is 0 Å². The Morgan fingerprint density at radius 2 is 1.75 bits per heavy atom. The van der Waals surface area contributed by atoms with Crippen LogP contribution in [0.5, 0.6) is 0 Å². The summed E-state index contributed by atoms with van der Waals surface area (Å²) in [5.41, 5.74) is 2.82. The van der Waals surface area contributed by atoms with Crippen LogP contribution in [0.3, 0.4) is 0 Å². The number of rotatable bonds is 5. The number of hydrogen-bond donors (Lipinski definition) is 2. The van der Waals surface area contributed by atoms with Crippen LogP contribution >= 0.6 is 22.7 Å². The number of amides is 2. The highest BCUT2D eigenvalue weighted by molar-refractivity contribution is 7.21. The van der Waals surface area contributed by atoms with Gasteiger partial charge in [0.1, 0.15) is 10.8 Å². The zero-order chi connectivity index (χ0) is 21.9. The molecule has 0 radical (unpaired) electrons. The second-order valence-electron chi connectivity index (χ2n) is 6.89. The SMILES string of the molecule is O=C(Nc1ccc(-c2nc3ccccc3s2)cn1)c1cccc(NC(=O)c2cccs2)c1. The fraction of sp³-hybridized carbons (Fsp3) is 0. The summed E-state index contributed by atoms with van der Waals surface area (Å²) in [5, 5.41) is 8.33. The first-order chi connectivity index (χ1) is 15.7. The number of pyridine rings is 1. The van der Waals surface area contributed by atoms with Gasteiger partial charge in [0.2, 0.25) is 0 Å². The lowest BCUT2D eigenvalue weighted by Gasteiger charge is -2.08. The number of nitrogens with one attached hydrogen (secondary N) is 2. The number of thiazole rings is 1. The van der Waals surface area contributed by atoms with Crippen LogP contribution in [0.1, 0.15) is 20.0 Å². The molecule has 6 nitrogen and oxygen atoms in total. The second-order valence-corrected chi connectivity index (χ2v) is 8.86. The molecule has 0 saturated carbocycles. The number of carbonyl (C=O) groups is 2. The average molecular weight is 457 g/mol. The molecule has 32 heavy (non-hydrogen) atoms. The smallest absolute Gasteiger partial charge is 0.265 e. The van der Waals surface area contributed by atoms with Crippen molar-refractivity contribution in [3.63, 3.8) is 0 Å². The van der Waals surface area contributed by atoms with Crippen molar-refractivity contribution in [2.75, 3.05) is 10.6 Å². The highest BCUT2D eigenvalue weighted by atomic mass is 32.1. The molecule has 156 valence electrons. The van der Waals surface area contributed by atoms with Gasteiger partial charge in [-0.25, -0.2) is 9.97 Å². The monoisotopic (exact) mass is 456 g/mol. The molecule has 5 aromatic rings. The van der Waals surface area contributed by atoms with Gasteiger partial charge in [-0.05, 0) is 53.9 Å². The molecule has 2 N–H and O–H groups in total. The van der Waals surface area contributed by atoms with Crippen molar-refractivity contribution in [3.8, 4) is 10.6 Å². The van der Waals surface area contributed by atoms with Crippen LogP contribution in [0, 0.1) is 0 Å². The van der Waals surface area contributed by atoms with Gasteiger partial charge in [0.15, 0.2) is 0 Å². The van der Waals surface area contributed by atoms with E-state index in [1.54, 1.807) is 53.9 Å². The first-order valence-electron chi connectivity index (χ1n) is 9.74. The standard InChI is InChI=1S/C24H16N4O2S2/c29-22(15-5-3-6-17(13-15)26-23(30)20-9-4-12-31-20)28-21-11-10-16(14-25-21)24-27-18-7-1-2-8-19(18)32-24/h1-14H,(H,26,30)(H,25,28,29). The summed E-state index contributed by atoms with van der Waals surface area (Å²) >= 11 is 2.96. The lowest BCUT2D eigenvalue weighted by molar-refractivity contribution is 0.101. The maximum absolute atomic E-state index is 12.7. The summed E-state index contributed by atoms with van der Waals surface area (Å²) in [4.78, 5) is 34.5. The average Bonchev–Trinajstić information content (AvgIpc) is 3.50. The van der Waals surface area contributed by atoms with E-state index in [2.05, 4.69) is 20.6 Å². The van der Waals surface area contributed by atoms with E-state index in [0.29, 0.717) is 21.9 Å². The minimum Gasteiger partial charge on any atom is -0.321 e. The molecule has 0 aliphatic heterocycles.